The fourth-order valence-electron chi connectivity index (χ4n) is 1.50. The highest BCUT2D eigenvalue weighted by atomic mass is 32.1. The second-order valence-corrected chi connectivity index (χ2v) is 4.78. The van der Waals surface area contributed by atoms with Crippen molar-refractivity contribution in [2.75, 3.05) is 0 Å². The fourth-order valence-corrected chi connectivity index (χ4v) is 1.67. The molecule has 0 aliphatic rings. The number of carbonyl (C=O) groups is 2. The van der Waals surface area contributed by atoms with Gasteiger partial charge in [0.2, 0.25) is 5.91 Å². The molecule has 9 heteroatoms. The predicted molar refractivity (Wildman–Crippen MR) is 84.0 cm³/mol. The fraction of sp³-hybridized carbons (Fsp3) is 0.308. The summed E-state index contributed by atoms with van der Waals surface area (Å²) < 4.78 is 0. The van der Waals surface area contributed by atoms with Crippen LogP contribution in [0.2, 0.25) is 0 Å². The molecule has 0 saturated heterocycles. The number of nitrogens with zero attached hydrogens (tertiary/aromatic N) is 1. The lowest BCUT2D eigenvalue weighted by Gasteiger charge is -2.10. The molecule has 0 spiro atoms. The van der Waals surface area contributed by atoms with Gasteiger partial charge in [0.1, 0.15) is 0 Å². The van der Waals surface area contributed by atoms with E-state index < -0.39 is 10.8 Å². The normalized spacial score (nSPS) is 9.68. The van der Waals surface area contributed by atoms with Crippen LogP contribution in [0.5, 0.6) is 0 Å². The molecule has 8 nitrogen and oxygen atoms in total. The van der Waals surface area contributed by atoms with Gasteiger partial charge < -0.3 is 5.32 Å². The minimum absolute atomic E-state index is 0.0418. The van der Waals surface area contributed by atoms with Crippen LogP contribution in [0, 0.1) is 10.1 Å². The van der Waals surface area contributed by atoms with E-state index >= 15 is 0 Å². The van der Waals surface area contributed by atoms with Crippen molar-refractivity contribution in [3.8, 4) is 0 Å². The average Bonchev–Trinajstić information content (AvgIpc) is 2.50. The maximum Gasteiger partial charge on any atom is 0.270 e. The second kappa shape index (κ2) is 8.67. The number of hydrogen-bond acceptors (Lipinski definition) is 5. The molecule has 22 heavy (non-hydrogen) atoms. The van der Waals surface area contributed by atoms with Gasteiger partial charge in [-0.15, -0.1) is 0 Å². The van der Waals surface area contributed by atoms with Gasteiger partial charge in [0.05, 0.1) is 4.92 Å². The summed E-state index contributed by atoms with van der Waals surface area (Å²) in [5.74, 6) is -0.849. The molecule has 1 rings (SSSR count). The third kappa shape index (κ3) is 5.83. The van der Waals surface area contributed by atoms with Crippen molar-refractivity contribution in [2.24, 2.45) is 0 Å². The molecule has 0 atom stereocenters. The molecule has 0 saturated carbocycles. The van der Waals surface area contributed by atoms with E-state index in [2.05, 4.69) is 16.2 Å². The van der Waals surface area contributed by atoms with Crippen molar-refractivity contribution in [1.82, 2.24) is 16.2 Å². The maximum atomic E-state index is 11.8. The third-order valence-electron chi connectivity index (χ3n) is 2.62. The lowest BCUT2D eigenvalue weighted by Crippen LogP contribution is -2.48. The summed E-state index contributed by atoms with van der Waals surface area (Å²) in [7, 11) is 0. The zero-order chi connectivity index (χ0) is 16.5. The van der Waals surface area contributed by atoms with E-state index in [9.17, 15) is 19.7 Å². The van der Waals surface area contributed by atoms with Crippen LogP contribution < -0.4 is 16.2 Å². The van der Waals surface area contributed by atoms with Crippen LogP contribution in [0.4, 0.5) is 5.69 Å². The Kier molecular flexibility index (Phi) is 6.90. The molecule has 1 aromatic rings. The van der Waals surface area contributed by atoms with Crippen LogP contribution in [-0.4, -0.2) is 21.9 Å². The first kappa shape index (κ1) is 17.5. The number of amides is 2. The molecule has 0 unspecified atom stereocenters. The Labute approximate surface area is 132 Å². The van der Waals surface area contributed by atoms with Gasteiger partial charge in [-0.05, 0) is 24.7 Å². The summed E-state index contributed by atoms with van der Waals surface area (Å²) >= 11 is 4.85. The third-order valence-corrected chi connectivity index (χ3v) is 2.82. The molecule has 118 valence electrons. The highest BCUT2D eigenvalue weighted by Crippen LogP contribution is 2.12. The van der Waals surface area contributed by atoms with Gasteiger partial charge in [0.15, 0.2) is 5.11 Å². The van der Waals surface area contributed by atoms with Gasteiger partial charge in [-0.1, -0.05) is 19.4 Å². The largest absolute Gasteiger partial charge is 0.302 e. The summed E-state index contributed by atoms with van der Waals surface area (Å²) in [6.07, 6.45) is 1.97. The minimum atomic E-state index is -0.603. The summed E-state index contributed by atoms with van der Waals surface area (Å²) in [4.78, 5) is 33.3. The quantitative estimate of drug-likeness (QED) is 0.429. The molecule has 0 bridgehead atoms. The molecule has 0 aliphatic heterocycles. The number of nitro benzene ring substituents is 1. The van der Waals surface area contributed by atoms with Crippen LogP contribution in [0.3, 0.4) is 0 Å². The predicted octanol–water partition coefficient (Wildman–Crippen LogP) is 1.42. The molecule has 0 fully saturated rings. The van der Waals surface area contributed by atoms with Crippen molar-refractivity contribution in [2.45, 2.75) is 26.2 Å². The SMILES string of the molecule is CCCCC(=O)NC(=S)NNC(=O)c1cccc([N+](=O)[O-])c1. The van der Waals surface area contributed by atoms with E-state index in [1.54, 1.807) is 0 Å². The van der Waals surface area contributed by atoms with Crippen LogP contribution in [0.1, 0.15) is 36.5 Å². The Morgan fingerprint density at radius 2 is 2.05 bits per heavy atom. The number of carbonyl (C=O) groups excluding carboxylic acids is 2. The van der Waals surface area contributed by atoms with Crippen LogP contribution >= 0.6 is 12.2 Å². The molecule has 0 aliphatic carbocycles. The van der Waals surface area contributed by atoms with Crippen molar-refractivity contribution in [1.29, 1.82) is 0 Å². The van der Waals surface area contributed by atoms with Crippen molar-refractivity contribution >= 4 is 34.8 Å². The Morgan fingerprint density at radius 3 is 2.68 bits per heavy atom. The lowest BCUT2D eigenvalue weighted by atomic mass is 10.2. The average molecular weight is 324 g/mol. The number of nitro groups is 1. The van der Waals surface area contributed by atoms with Crippen LogP contribution in [0.15, 0.2) is 24.3 Å². The van der Waals surface area contributed by atoms with E-state index in [1.165, 1.54) is 18.2 Å². The van der Waals surface area contributed by atoms with Crippen molar-refractivity contribution in [3.63, 3.8) is 0 Å². The molecule has 3 N–H and O–H groups in total. The molecule has 0 radical (unpaired) electrons. The van der Waals surface area contributed by atoms with Crippen LogP contribution in [0.25, 0.3) is 0 Å². The van der Waals surface area contributed by atoms with Gasteiger partial charge in [-0.3, -0.25) is 30.6 Å². The van der Waals surface area contributed by atoms with E-state index in [0.29, 0.717) is 6.42 Å². The monoisotopic (exact) mass is 324 g/mol. The molecular weight excluding hydrogens is 308 g/mol. The summed E-state index contributed by atoms with van der Waals surface area (Å²) in [5, 5.41) is 13.0. The Bertz CT molecular complexity index is 591. The highest BCUT2D eigenvalue weighted by molar-refractivity contribution is 7.80. The first-order valence-corrected chi connectivity index (χ1v) is 6.99. The topological polar surface area (TPSA) is 113 Å². The minimum Gasteiger partial charge on any atom is -0.302 e. The number of hydrogen-bond donors (Lipinski definition) is 3. The van der Waals surface area contributed by atoms with Crippen molar-refractivity contribution in [3.05, 3.63) is 39.9 Å². The van der Waals surface area contributed by atoms with Gasteiger partial charge in [0, 0.05) is 24.1 Å². The zero-order valence-corrected chi connectivity index (χ0v) is 12.7. The van der Waals surface area contributed by atoms with E-state index in [0.717, 1.165) is 18.9 Å². The molecule has 0 heterocycles. The second-order valence-electron chi connectivity index (χ2n) is 4.37. The van der Waals surface area contributed by atoms with Gasteiger partial charge in [-0.2, -0.15) is 0 Å². The standard InChI is InChI=1S/C13H16N4O4S/c1-2-3-7-11(18)14-13(22)16-15-12(19)9-5-4-6-10(8-9)17(20)21/h4-6,8H,2-3,7H2,1H3,(H,15,19)(H2,14,16,18,22). The number of nitrogens with one attached hydrogen (secondary N) is 3. The van der Waals surface area contributed by atoms with Crippen LogP contribution in [-0.2, 0) is 4.79 Å². The highest BCUT2D eigenvalue weighted by Gasteiger charge is 2.12. The van der Waals surface area contributed by atoms with Gasteiger partial charge in [0.25, 0.3) is 11.6 Å². The molecule has 2 amide bonds. The number of non-ortho nitro benzene ring substituents is 1. The molecular formula is C13H16N4O4S. The van der Waals surface area contributed by atoms with E-state index in [1.807, 2.05) is 6.92 Å². The van der Waals surface area contributed by atoms with Gasteiger partial charge in [-0.25, -0.2) is 0 Å². The first-order chi connectivity index (χ1) is 10.4. The van der Waals surface area contributed by atoms with E-state index in [4.69, 9.17) is 12.2 Å². The van der Waals surface area contributed by atoms with Gasteiger partial charge >= 0.3 is 0 Å². The lowest BCUT2D eigenvalue weighted by molar-refractivity contribution is -0.384. The smallest absolute Gasteiger partial charge is 0.270 e. The number of hydrazine groups is 1. The molecule has 1 aromatic carbocycles. The molecule has 0 aromatic heterocycles. The maximum absolute atomic E-state index is 11.8. The summed E-state index contributed by atoms with van der Waals surface area (Å²) in [5.41, 5.74) is 4.53. The number of unbranched alkanes of at least 4 members (excludes halogenated alkanes) is 1. The summed E-state index contributed by atoms with van der Waals surface area (Å²) in [6, 6.07) is 5.24. The first-order valence-electron chi connectivity index (χ1n) is 6.58. The zero-order valence-electron chi connectivity index (χ0n) is 11.9. The van der Waals surface area contributed by atoms with Crippen molar-refractivity contribution < 1.29 is 14.5 Å². The number of benzene rings is 1. The summed E-state index contributed by atoms with van der Waals surface area (Å²) in [6.45, 7) is 1.96. The number of rotatable bonds is 5. The number of thiocarbonyl (C=S) groups is 1. The Hall–Kier alpha value is -2.55. The Morgan fingerprint density at radius 1 is 1.32 bits per heavy atom. The van der Waals surface area contributed by atoms with E-state index in [-0.39, 0.29) is 22.3 Å². The Balaban J connectivity index is 2.49.